The molecule has 0 aliphatic rings. The number of anilines is 1. The Morgan fingerprint density at radius 2 is 1.76 bits per heavy atom. The summed E-state index contributed by atoms with van der Waals surface area (Å²) in [6.07, 6.45) is 1.48. The smallest absolute Gasteiger partial charge is 0.229 e. The van der Waals surface area contributed by atoms with Crippen LogP contribution >= 0.6 is 0 Å². The van der Waals surface area contributed by atoms with Crippen LogP contribution < -0.4 is 10.0 Å². The van der Waals surface area contributed by atoms with Crippen LogP contribution in [0.1, 0.15) is 36.6 Å². The second-order valence-corrected chi connectivity index (χ2v) is 7.72. The Balaban J connectivity index is 2.13. The number of rotatable bonds is 8. The number of aliphatic hydroxyl groups is 1. The monoisotopic (exact) mass is 366 g/mol. The van der Waals surface area contributed by atoms with Gasteiger partial charge < -0.3 is 10.4 Å². The van der Waals surface area contributed by atoms with Crippen LogP contribution in [0.3, 0.4) is 0 Å². The van der Waals surface area contributed by atoms with Crippen molar-refractivity contribution in [1.82, 2.24) is 5.32 Å². The molecule has 25 heavy (non-hydrogen) atoms. The highest BCUT2D eigenvalue weighted by atomic mass is 32.2. The molecule has 0 aliphatic heterocycles. The van der Waals surface area contributed by atoms with E-state index in [2.05, 4.69) is 10.0 Å². The topological polar surface area (TPSA) is 78.4 Å². The summed E-state index contributed by atoms with van der Waals surface area (Å²) >= 11 is 0. The van der Waals surface area contributed by atoms with Gasteiger partial charge in [0, 0.05) is 29.9 Å². The van der Waals surface area contributed by atoms with E-state index >= 15 is 0 Å². The third-order valence-corrected chi connectivity index (χ3v) is 4.47. The van der Waals surface area contributed by atoms with E-state index in [9.17, 15) is 17.9 Å². The van der Waals surface area contributed by atoms with E-state index in [1.54, 1.807) is 30.3 Å². The van der Waals surface area contributed by atoms with E-state index in [1.807, 2.05) is 19.1 Å². The van der Waals surface area contributed by atoms with Crippen LogP contribution in [0.5, 0.6) is 0 Å². The molecule has 0 radical (unpaired) electrons. The summed E-state index contributed by atoms with van der Waals surface area (Å²) in [5, 5.41) is 12.6. The lowest BCUT2D eigenvalue weighted by molar-refractivity contribution is 0.258. The van der Waals surface area contributed by atoms with Crippen molar-refractivity contribution in [1.29, 1.82) is 0 Å². The van der Waals surface area contributed by atoms with Crippen molar-refractivity contribution < 1.29 is 17.9 Å². The van der Waals surface area contributed by atoms with Crippen molar-refractivity contribution in [3.63, 3.8) is 0 Å². The molecule has 5 nitrogen and oxygen atoms in total. The van der Waals surface area contributed by atoms with Crippen LogP contribution in [0.4, 0.5) is 10.1 Å². The van der Waals surface area contributed by atoms with E-state index in [4.69, 9.17) is 0 Å². The van der Waals surface area contributed by atoms with Gasteiger partial charge in [-0.3, -0.25) is 4.72 Å². The SMILES string of the molecule is CC(NC(CCO)c1ccccc1F)c1ccc(NS(C)(=O)=O)cc1. The lowest BCUT2D eigenvalue weighted by atomic mass is 10.0. The van der Waals surface area contributed by atoms with Gasteiger partial charge in [0.2, 0.25) is 10.0 Å². The fraction of sp³-hybridized carbons (Fsp3) is 0.333. The first-order valence-corrected chi connectivity index (χ1v) is 9.88. The third-order valence-electron chi connectivity index (χ3n) is 3.86. The average molecular weight is 366 g/mol. The second kappa shape index (κ2) is 8.42. The Hall–Kier alpha value is -1.96. The van der Waals surface area contributed by atoms with Crippen molar-refractivity contribution in [3.8, 4) is 0 Å². The maximum Gasteiger partial charge on any atom is 0.229 e. The highest BCUT2D eigenvalue weighted by Crippen LogP contribution is 2.25. The van der Waals surface area contributed by atoms with Crippen molar-refractivity contribution in [2.24, 2.45) is 0 Å². The number of benzene rings is 2. The van der Waals surface area contributed by atoms with Crippen molar-refractivity contribution in [3.05, 3.63) is 65.5 Å². The first-order valence-electron chi connectivity index (χ1n) is 7.99. The van der Waals surface area contributed by atoms with Crippen LogP contribution in [0.15, 0.2) is 48.5 Å². The van der Waals surface area contributed by atoms with Gasteiger partial charge in [0.1, 0.15) is 5.82 Å². The van der Waals surface area contributed by atoms with Crippen molar-refractivity contribution in [2.75, 3.05) is 17.6 Å². The Morgan fingerprint density at radius 3 is 2.32 bits per heavy atom. The van der Waals surface area contributed by atoms with Gasteiger partial charge in [0.25, 0.3) is 0 Å². The molecule has 7 heteroatoms. The van der Waals surface area contributed by atoms with E-state index in [-0.39, 0.29) is 24.5 Å². The van der Waals surface area contributed by atoms with Crippen molar-refractivity contribution in [2.45, 2.75) is 25.4 Å². The van der Waals surface area contributed by atoms with Gasteiger partial charge in [-0.15, -0.1) is 0 Å². The lowest BCUT2D eigenvalue weighted by Gasteiger charge is -2.24. The number of hydrogen-bond donors (Lipinski definition) is 3. The molecule has 0 heterocycles. The minimum Gasteiger partial charge on any atom is -0.396 e. The molecule has 0 saturated heterocycles. The molecule has 0 aliphatic carbocycles. The fourth-order valence-electron chi connectivity index (χ4n) is 2.67. The number of sulfonamides is 1. The minimum absolute atomic E-state index is 0.0596. The van der Waals surface area contributed by atoms with Gasteiger partial charge >= 0.3 is 0 Å². The molecule has 0 bridgehead atoms. The maximum atomic E-state index is 14.0. The fourth-order valence-corrected chi connectivity index (χ4v) is 3.23. The Bertz CT molecular complexity index is 794. The van der Waals surface area contributed by atoms with Crippen LogP contribution in [-0.4, -0.2) is 26.4 Å². The van der Waals surface area contributed by atoms with Crippen LogP contribution in [0, 0.1) is 5.82 Å². The maximum absolute atomic E-state index is 14.0. The van der Waals surface area contributed by atoms with Crippen molar-refractivity contribution >= 4 is 15.7 Å². The molecule has 2 aromatic rings. The van der Waals surface area contributed by atoms with E-state index in [1.165, 1.54) is 6.07 Å². The first-order chi connectivity index (χ1) is 11.8. The van der Waals surface area contributed by atoms with E-state index in [0.717, 1.165) is 11.8 Å². The Kier molecular flexibility index (Phi) is 6.52. The number of halogens is 1. The summed E-state index contributed by atoms with van der Waals surface area (Å²) in [4.78, 5) is 0. The molecular formula is C18H23FN2O3S. The molecule has 136 valence electrons. The quantitative estimate of drug-likeness (QED) is 0.671. The van der Waals surface area contributed by atoms with Gasteiger partial charge in [-0.1, -0.05) is 30.3 Å². The zero-order chi connectivity index (χ0) is 18.4. The normalized spacial score (nSPS) is 14.1. The molecular weight excluding hydrogens is 343 g/mol. The Labute approximate surface area is 147 Å². The van der Waals surface area contributed by atoms with Gasteiger partial charge in [0.05, 0.1) is 6.26 Å². The molecule has 0 aromatic heterocycles. The molecule has 0 saturated carbocycles. The lowest BCUT2D eigenvalue weighted by Crippen LogP contribution is -2.26. The van der Waals surface area contributed by atoms with E-state index < -0.39 is 10.0 Å². The molecule has 2 rings (SSSR count). The summed E-state index contributed by atoms with van der Waals surface area (Å²) in [5.41, 5.74) is 1.93. The predicted octanol–water partition coefficient (Wildman–Crippen LogP) is 2.97. The molecule has 2 atom stereocenters. The molecule has 0 amide bonds. The van der Waals surface area contributed by atoms with Gasteiger partial charge in [0.15, 0.2) is 0 Å². The van der Waals surface area contributed by atoms with Crippen LogP contribution in [-0.2, 0) is 10.0 Å². The average Bonchev–Trinajstić information content (AvgIpc) is 2.54. The number of hydrogen-bond acceptors (Lipinski definition) is 4. The van der Waals surface area contributed by atoms with Gasteiger partial charge in [-0.2, -0.15) is 0 Å². The summed E-state index contributed by atoms with van der Waals surface area (Å²) in [5.74, 6) is -0.312. The zero-order valence-electron chi connectivity index (χ0n) is 14.2. The minimum atomic E-state index is -3.31. The summed E-state index contributed by atoms with van der Waals surface area (Å²) in [7, 11) is -3.31. The zero-order valence-corrected chi connectivity index (χ0v) is 15.1. The standard InChI is InChI=1S/C18H23FN2O3S/c1-13(14-7-9-15(10-8-14)21-25(2,23)24)20-18(11-12-22)16-5-3-4-6-17(16)19/h3-10,13,18,20-22H,11-12H2,1-2H3. The third kappa shape index (κ3) is 5.81. The summed E-state index contributed by atoms with van der Waals surface area (Å²) in [6.45, 7) is 1.88. The summed E-state index contributed by atoms with van der Waals surface area (Å²) < 4.78 is 38.9. The highest BCUT2D eigenvalue weighted by Gasteiger charge is 2.18. The highest BCUT2D eigenvalue weighted by molar-refractivity contribution is 7.92. The first kappa shape index (κ1) is 19.4. The molecule has 3 N–H and O–H groups in total. The number of nitrogens with one attached hydrogen (secondary N) is 2. The largest absolute Gasteiger partial charge is 0.396 e. The van der Waals surface area contributed by atoms with E-state index in [0.29, 0.717) is 17.7 Å². The Morgan fingerprint density at radius 1 is 1.12 bits per heavy atom. The number of aliphatic hydroxyl groups excluding tert-OH is 1. The second-order valence-electron chi connectivity index (χ2n) is 5.97. The molecule has 2 unspecified atom stereocenters. The molecule has 2 aromatic carbocycles. The molecule has 0 fully saturated rings. The van der Waals surface area contributed by atoms with Crippen LogP contribution in [0.25, 0.3) is 0 Å². The molecule has 0 spiro atoms. The van der Waals surface area contributed by atoms with Gasteiger partial charge in [-0.25, -0.2) is 12.8 Å². The van der Waals surface area contributed by atoms with Gasteiger partial charge in [-0.05, 0) is 37.1 Å². The van der Waals surface area contributed by atoms with Crippen LogP contribution in [0.2, 0.25) is 0 Å². The predicted molar refractivity (Wildman–Crippen MR) is 97.3 cm³/mol. The summed E-state index contributed by atoms with van der Waals surface area (Å²) in [6, 6.07) is 13.0.